The highest BCUT2D eigenvalue weighted by atomic mass is 16.5. The number of nitrogens with one attached hydrogen (secondary N) is 1. The summed E-state index contributed by atoms with van der Waals surface area (Å²) in [5.41, 5.74) is 0. The average Bonchev–Trinajstić information content (AvgIpc) is 2.83. The molecule has 1 saturated carbocycles. The van der Waals surface area contributed by atoms with E-state index in [1.807, 2.05) is 6.20 Å². The molecule has 0 bridgehead atoms. The van der Waals surface area contributed by atoms with Crippen LogP contribution >= 0.6 is 0 Å². The van der Waals surface area contributed by atoms with Crippen molar-refractivity contribution in [2.75, 3.05) is 19.8 Å². The zero-order valence-corrected chi connectivity index (χ0v) is 9.45. The highest BCUT2D eigenvalue weighted by Crippen LogP contribution is 2.25. The molecule has 1 aromatic rings. The predicted octanol–water partition coefficient (Wildman–Crippen LogP) is 1.47. The van der Waals surface area contributed by atoms with Gasteiger partial charge < -0.3 is 14.5 Å². The molecule has 4 heteroatoms. The van der Waals surface area contributed by atoms with Crippen LogP contribution in [0.4, 0.5) is 0 Å². The first-order valence-corrected chi connectivity index (χ1v) is 6.17. The number of ether oxygens (including phenoxy) is 1. The van der Waals surface area contributed by atoms with Crippen molar-refractivity contribution < 1.29 is 9.15 Å². The topological polar surface area (TPSA) is 47.3 Å². The zero-order valence-electron chi connectivity index (χ0n) is 9.45. The summed E-state index contributed by atoms with van der Waals surface area (Å²) in [6.45, 7) is 2.62. The number of nitrogens with zero attached hydrogens (tertiary/aromatic N) is 1. The Morgan fingerprint density at radius 2 is 2.31 bits per heavy atom. The highest BCUT2D eigenvalue weighted by molar-refractivity contribution is 5.03. The quantitative estimate of drug-likeness (QED) is 0.819. The molecule has 1 atom stereocenters. The van der Waals surface area contributed by atoms with Gasteiger partial charge in [0.1, 0.15) is 5.76 Å². The van der Waals surface area contributed by atoms with E-state index in [2.05, 4.69) is 10.3 Å². The van der Waals surface area contributed by atoms with Crippen molar-refractivity contribution in [3.05, 3.63) is 17.8 Å². The molecule has 1 aliphatic heterocycles. The van der Waals surface area contributed by atoms with Crippen molar-refractivity contribution in [2.45, 2.75) is 37.6 Å². The maximum Gasteiger partial charge on any atom is 0.195 e. The number of hydrogen-bond acceptors (Lipinski definition) is 4. The van der Waals surface area contributed by atoms with E-state index < -0.39 is 0 Å². The molecule has 3 rings (SSSR count). The Morgan fingerprint density at radius 3 is 3.06 bits per heavy atom. The van der Waals surface area contributed by atoms with Crippen LogP contribution in [0.15, 0.2) is 10.6 Å². The molecule has 2 heterocycles. The van der Waals surface area contributed by atoms with E-state index in [-0.39, 0.29) is 0 Å². The van der Waals surface area contributed by atoms with Gasteiger partial charge in [-0.1, -0.05) is 0 Å². The molecule has 88 valence electrons. The summed E-state index contributed by atoms with van der Waals surface area (Å²) in [5.74, 6) is 2.28. The van der Waals surface area contributed by atoms with Crippen LogP contribution in [-0.2, 0) is 11.2 Å². The fourth-order valence-corrected chi connectivity index (χ4v) is 2.06. The minimum atomic E-state index is 0.428. The maximum atomic E-state index is 5.74. The van der Waals surface area contributed by atoms with Gasteiger partial charge in [0, 0.05) is 31.5 Å². The predicted molar refractivity (Wildman–Crippen MR) is 59.4 cm³/mol. The van der Waals surface area contributed by atoms with E-state index in [4.69, 9.17) is 9.15 Å². The smallest absolute Gasteiger partial charge is 0.195 e. The summed E-state index contributed by atoms with van der Waals surface area (Å²) < 4.78 is 11.1. The Balaban J connectivity index is 1.50. The van der Waals surface area contributed by atoms with E-state index in [1.165, 1.54) is 12.8 Å². The molecule has 16 heavy (non-hydrogen) atoms. The van der Waals surface area contributed by atoms with E-state index in [0.717, 1.165) is 50.3 Å². The third-order valence-corrected chi connectivity index (χ3v) is 3.25. The van der Waals surface area contributed by atoms with Gasteiger partial charge >= 0.3 is 0 Å². The fourth-order valence-electron chi connectivity index (χ4n) is 2.06. The monoisotopic (exact) mass is 222 g/mol. The zero-order chi connectivity index (χ0) is 10.8. The van der Waals surface area contributed by atoms with Crippen LogP contribution in [0.1, 0.15) is 36.8 Å². The van der Waals surface area contributed by atoms with Crippen molar-refractivity contribution in [1.82, 2.24) is 10.3 Å². The molecule has 2 aliphatic rings. The van der Waals surface area contributed by atoms with Gasteiger partial charge in [0.05, 0.1) is 12.8 Å². The SMILES string of the molecule is c1nc(CCNC2CC2)oc1C1CCOC1. The van der Waals surface area contributed by atoms with Crippen LogP contribution in [0, 0.1) is 0 Å². The molecule has 1 N–H and O–H groups in total. The second-order valence-electron chi connectivity index (χ2n) is 4.70. The molecule has 0 radical (unpaired) electrons. The molecule has 1 unspecified atom stereocenters. The lowest BCUT2D eigenvalue weighted by Gasteiger charge is -2.01. The van der Waals surface area contributed by atoms with Gasteiger partial charge in [-0.3, -0.25) is 0 Å². The van der Waals surface area contributed by atoms with Crippen molar-refractivity contribution in [3.63, 3.8) is 0 Å². The van der Waals surface area contributed by atoms with Gasteiger partial charge in [-0.05, 0) is 19.3 Å². The van der Waals surface area contributed by atoms with Crippen molar-refractivity contribution in [2.24, 2.45) is 0 Å². The summed E-state index contributed by atoms with van der Waals surface area (Å²) in [7, 11) is 0. The van der Waals surface area contributed by atoms with E-state index in [1.54, 1.807) is 0 Å². The largest absolute Gasteiger partial charge is 0.445 e. The first-order chi connectivity index (χ1) is 7.92. The molecule has 0 spiro atoms. The summed E-state index contributed by atoms with van der Waals surface area (Å²) in [4.78, 5) is 4.32. The van der Waals surface area contributed by atoms with Crippen LogP contribution in [0.5, 0.6) is 0 Å². The first-order valence-electron chi connectivity index (χ1n) is 6.17. The number of oxazole rings is 1. The molecular formula is C12H18N2O2. The Morgan fingerprint density at radius 1 is 1.38 bits per heavy atom. The van der Waals surface area contributed by atoms with E-state index in [0.29, 0.717) is 5.92 Å². The average molecular weight is 222 g/mol. The minimum Gasteiger partial charge on any atom is -0.445 e. The Bertz CT molecular complexity index is 341. The van der Waals surface area contributed by atoms with Crippen molar-refractivity contribution in [3.8, 4) is 0 Å². The van der Waals surface area contributed by atoms with Gasteiger partial charge in [-0.25, -0.2) is 4.98 Å². The molecule has 0 amide bonds. The fraction of sp³-hybridized carbons (Fsp3) is 0.750. The minimum absolute atomic E-state index is 0.428. The van der Waals surface area contributed by atoms with Crippen LogP contribution in [-0.4, -0.2) is 30.8 Å². The molecule has 1 saturated heterocycles. The Hall–Kier alpha value is -0.870. The van der Waals surface area contributed by atoms with Crippen LogP contribution in [0.3, 0.4) is 0 Å². The second kappa shape index (κ2) is 4.55. The molecule has 1 aliphatic carbocycles. The Labute approximate surface area is 95.4 Å². The normalized spacial score (nSPS) is 25.1. The maximum absolute atomic E-state index is 5.74. The van der Waals surface area contributed by atoms with Crippen molar-refractivity contribution in [1.29, 1.82) is 0 Å². The lowest BCUT2D eigenvalue weighted by atomic mass is 10.1. The van der Waals surface area contributed by atoms with Gasteiger partial charge in [0.2, 0.25) is 0 Å². The van der Waals surface area contributed by atoms with E-state index >= 15 is 0 Å². The molecule has 4 nitrogen and oxygen atoms in total. The lowest BCUT2D eigenvalue weighted by molar-refractivity contribution is 0.191. The number of hydrogen-bond donors (Lipinski definition) is 1. The molecular weight excluding hydrogens is 204 g/mol. The Kier molecular flexibility index (Phi) is 2.93. The number of rotatable bonds is 5. The third kappa shape index (κ3) is 2.44. The summed E-state index contributed by atoms with van der Waals surface area (Å²) in [5, 5.41) is 3.46. The van der Waals surface area contributed by atoms with Gasteiger partial charge in [0.25, 0.3) is 0 Å². The summed E-state index contributed by atoms with van der Waals surface area (Å²) in [6, 6.07) is 0.762. The van der Waals surface area contributed by atoms with Crippen LogP contribution < -0.4 is 5.32 Å². The van der Waals surface area contributed by atoms with Crippen molar-refractivity contribution >= 4 is 0 Å². The second-order valence-corrected chi connectivity index (χ2v) is 4.70. The standard InChI is InChI=1S/C12H18N2O2/c1-2-10(1)13-5-3-12-14-7-11(16-12)9-4-6-15-8-9/h7,9-10,13H,1-6,8H2. The third-order valence-electron chi connectivity index (χ3n) is 3.25. The summed E-state index contributed by atoms with van der Waals surface area (Å²) in [6.07, 6.45) is 6.48. The summed E-state index contributed by atoms with van der Waals surface area (Å²) >= 11 is 0. The van der Waals surface area contributed by atoms with Gasteiger partial charge in [0.15, 0.2) is 5.89 Å². The lowest BCUT2D eigenvalue weighted by Crippen LogP contribution is -2.19. The molecule has 1 aromatic heterocycles. The molecule has 2 fully saturated rings. The van der Waals surface area contributed by atoms with Gasteiger partial charge in [-0.15, -0.1) is 0 Å². The van der Waals surface area contributed by atoms with Crippen LogP contribution in [0.25, 0.3) is 0 Å². The highest BCUT2D eigenvalue weighted by Gasteiger charge is 2.22. The number of aromatic nitrogens is 1. The van der Waals surface area contributed by atoms with Crippen LogP contribution in [0.2, 0.25) is 0 Å². The van der Waals surface area contributed by atoms with E-state index in [9.17, 15) is 0 Å². The van der Waals surface area contributed by atoms with Gasteiger partial charge in [-0.2, -0.15) is 0 Å². The molecule has 0 aromatic carbocycles. The first kappa shape index (κ1) is 10.3.